The topological polar surface area (TPSA) is 25.8 Å². The summed E-state index contributed by atoms with van der Waals surface area (Å²) >= 11 is 0. The van der Waals surface area contributed by atoms with Crippen LogP contribution in [0.3, 0.4) is 0 Å². The molecule has 0 aliphatic carbocycles. The molecule has 0 spiro atoms. The predicted molar refractivity (Wildman–Crippen MR) is 70.0 cm³/mol. The van der Waals surface area contributed by atoms with Crippen LogP contribution < -0.4 is 0 Å². The van der Waals surface area contributed by atoms with E-state index in [2.05, 4.69) is 48.9 Å². The van der Waals surface area contributed by atoms with E-state index < -0.39 is 0 Å². The van der Waals surface area contributed by atoms with Crippen LogP contribution in [0.15, 0.2) is 42.9 Å². The molecular formula is C15H18N2. The summed E-state index contributed by atoms with van der Waals surface area (Å²) < 4.78 is 0. The van der Waals surface area contributed by atoms with Gasteiger partial charge in [0.2, 0.25) is 0 Å². The van der Waals surface area contributed by atoms with Gasteiger partial charge in [-0.05, 0) is 34.7 Å². The van der Waals surface area contributed by atoms with E-state index in [0.29, 0.717) is 0 Å². The van der Waals surface area contributed by atoms with Gasteiger partial charge in [0.1, 0.15) is 0 Å². The molecule has 2 heterocycles. The van der Waals surface area contributed by atoms with E-state index in [0.717, 1.165) is 12.1 Å². The lowest BCUT2D eigenvalue weighted by atomic mass is 9.87. The van der Waals surface area contributed by atoms with Crippen molar-refractivity contribution in [2.24, 2.45) is 0 Å². The molecule has 2 aromatic rings. The van der Waals surface area contributed by atoms with Crippen LogP contribution in [0, 0.1) is 0 Å². The first-order valence-corrected chi connectivity index (χ1v) is 5.90. The number of aromatic nitrogens is 2. The molecule has 0 bridgehead atoms. The highest BCUT2D eigenvalue weighted by Crippen LogP contribution is 2.22. The van der Waals surface area contributed by atoms with Crippen molar-refractivity contribution >= 4 is 0 Å². The minimum Gasteiger partial charge on any atom is -0.264 e. The molecule has 0 N–H and O–H groups in total. The lowest BCUT2D eigenvalue weighted by Gasteiger charge is -2.19. The summed E-state index contributed by atoms with van der Waals surface area (Å²) in [6, 6.07) is 8.32. The van der Waals surface area contributed by atoms with E-state index in [-0.39, 0.29) is 5.41 Å². The Hall–Kier alpha value is -1.70. The number of pyridine rings is 2. The van der Waals surface area contributed by atoms with Crippen LogP contribution >= 0.6 is 0 Å². The summed E-state index contributed by atoms with van der Waals surface area (Å²) in [5.74, 6) is 0. The smallest absolute Gasteiger partial charge is 0.0450 e. The summed E-state index contributed by atoms with van der Waals surface area (Å²) in [6.07, 6.45) is 6.43. The third-order valence-corrected chi connectivity index (χ3v) is 2.79. The van der Waals surface area contributed by atoms with Gasteiger partial charge >= 0.3 is 0 Å². The first kappa shape index (κ1) is 11.8. The zero-order valence-electron chi connectivity index (χ0n) is 10.6. The Morgan fingerprint density at radius 1 is 1.12 bits per heavy atom. The van der Waals surface area contributed by atoms with Gasteiger partial charge in [0.15, 0.2) is 0 Å². The zero-order valence-corrected chi connectivity index (χ0v) is 10.6. The van der Waals surface area contributed by atoms with Gasteiger partial charge in [-0.25, -0.2) is 0 Å². The van der Waals surface area contributed by atoms with Crippen LogP contribution in [0.25, 0.3) is 0 Å². The molecule has 0 aromatic carbocycles. The summed E-state index contributed by atoms with van der Waals surface area (Å²) in [7, 11) is 0. The second-order valence-corrected chi connectivity index (χ2v) is 5.32. The number of nitrogens with zero attached hydrogens (tertiary/aromatic N) is 2. The number of rotatable bonds is 2. The van der Waals surface area contributed by atoms with Gasteiger partial charge in [-0.1, -0.05) is 26.8 Å². The molecule has 0 unspecified atom stereocenters. The molecule has 2 rings (SSSR count). The van der Waals surface area contributed by atoms with Gasteiger partial charge in [-0.3, -0.25) is 9.97 Å². The van der Waals surface area contributed by atoms with Crippen molar-refractivity contribution in [3.8, 4) is 0 Å². The predicted octanol–water partition coefficient (Wildman–Crippen LogP) is 3.36. The normalized spacial score (nSPS) is 11.5. The van der Waals surface area contributed by atoms with Crippen LogP contribution in [0.4, 0.5) is 0 Å². The molecule has 0 aliphatic heterocycles. The Balaban J connectivity index is 2.23. The standard InChI is InChI=1S/C15H18N2/c1-15(2,3)13-6-8-17-14(10-13)9-12-5-4-7-16-11-12/h4-8,10-11H,9H2,1-3H3. The number of hydrogen-bond acceptors (Lipinski definition) is 2. The summed E-state index contributed by atoms with van der Waals surface area (Å²) in [5.41, 5.74) is 3.80. The maximum absolute atomic E-state index is 4.42. The van der Waals surface area contributed by atoms with Gasteiger partial charge in [-0.15, -0.1) is 0 Å². The Morgan fingerprint density at radius 2 is 1.94 bits per heavy atom. The molecule has 0 fully saturated rings. The molecule has 0 saturated carbocycles. The van der Waals surface area contributed by atoms with Crippen molar-refractivity contribution in [1.82, 2.24) is 9.97 Å². The third-order valence-electron chi connectivity index (χ3n) is 2.79. The lowest BCUT2D eigenvalue weighted by molar-refractivity contribution is 0.588. The summed E-state index contributed by atoms with van der Waals surface area (Å²) in [4.78, 5) is 8.54. The van der Waals surface area contributed by atoms with E-state index >= 15 is 0 Å². The summed E-state index contributed by atoms with van der Waals surface area (Å²) in [6.45, 7) is 6.66. The molecule has 2 nitrogen and oxygen atoms in total. The third kappa shape index (κ3) is 3.13. The SMILES string of the molecule is CC(C)(C)c1ccnc(Cc2cccnc2)c1. The van der Waals surface area contributed by atoms with E-state index in [4.69, 9.17) is 0 Å². The fourth-order valence-electron chi connectivity index (χ4n) is 1.75. The van der Waals surface area contributed by atoms with E-state index in [9.17, 15) is 0 Å². The van der Waals surface area contributed by atoms with E-state index in [1.807, 2.05) is 18.5 Å². The Bertz CT molecular complexity index is 484. The second-order valence-electron chi connectivity index (χ2n) is 5.32. The highest BCUT2D eigenvalue weighted by molar-refractivity contribution is 5.26. The van der Waals surface area contributed by atoms with E-state index in [1.165, 1.54) is 11.1 Å². The average Bonchev–Trinajstić information content (AvgIpc) is 2.29. The minimum absolute atomic E-state index is 0.173. The van der Waals surface area contributed by atoms with Crippen molar-refractivity contribution in [1.29, 1.82) is 0 Å². The average molecular weight is 226 g/mol. The largest absolute Gasteiger partial charge is 0.264 e. The van der Waals surface area contributed by atoms with Gasteiger partial charge < -0.3 is 0 Å². The first-order chi connectivity index (χ1) is 8.05. The molecule has 0 radical (unpaired) electrons. The first-order valence-electron chi connectivity index (χ1n) is 5.90. The van der Waals surface area contributed by atoms with E-state index in [1.54, 1.807) is 6.20 Å². The Labute approximate surface area is 103 Å². The van der Waals surface area contributed by atoms with Crippen molar-refractivity contribution in [3.05, 3.63) is 59.7 Å². The molecule has 0 aliphatic rings. The van der Waals surface area contributed by atoms with Crippen LogP contribution in [-0.4, -0.2) is 9.97 Å². The fraction of sp³-hybridized carbons (Fsp3) is 0.333. The van der Waals surface area contributed by atoms with Crippen molar-refractivity contribution in [2.75, 3.05) is 0 Å². The highest BCUT2D eigenvalue weighted by atomic mass is 14.7. The van der Waals surface area contributed by atoms with Crippen LogP contribution in [0.2, 0.25) is 0 Å². The maximum Gasteiger partial charge on any atom is 0.0450 e. The fourth-order valence-corrected chi connectivity index (χ4v) is 1.75. The van der Waals surface area contributed by atoms with Gasteiger partial charge in [-0.2, -0.15) is 0 Å². The molecule has 17 heavy (non-hydrogen) atoms. The van der Waals surface area contributed by atoms with Crippen molar-refractivity contribution < 1.29 is 0 Å². The number of hydrogen-bond donors (Lipinski definition) is 0. The molecule has 2 aromatic heterocycles. The lowest BCUT2D eigenvalue weighted by Crippen LogP contribution is -2.11. The van der Waals surface area contributed by atoms with Gasteiger partial charge in [0, 0.05) is 30.7 Å². The zero-order chi connectivity index (χ0) is 12.3. The van der Waals surface area contributed by atoms with Crippen molar-refractivity contribution in [3.63, 3.8) is 0 Å². The minimum atomic E-state index is 0.173. The molecule has 0 saturated heterocycles. The molecule has 0 atom stereocenters. The summed E-state index contributed by atoms with van der Waals surface area (Å²) in [5, 5.41) is 0. The maximum atomic E-state index is 4.42. The molecule has 0 amide bonds. The van der Waals surface area contributed by atoms with Crippen LogP contribution in [0.5, 0.6) is 0 Å². The van der Waals surface area contributed by atoms with Gasteiger partial charge in [0.05, 0.1) is 0 Å². The molecule has 88 valence electrons. The van der Waals surface area contributed by atoms with Gasteiger partial charge in [0.25, 0.3) is 0 Å². The highest BCUT2D eigenvalue weighted by Gasteiger charge is 2.13. The quantitative estimate of drug-likeness (QED) is 0.784. The van der Waals surface area contributed by atoms with Crippen LogP contribution in [-0.2, 0) is 11.8 Å². The second kappa shape index (κ2) is 4.66. The monoisotopic (exact) mass is 226 g/mol. The Morgan fingerprint density at radius 3 is 2.59 bits per heavy atom. The van der Waals surface area contributed by atoms with Crippen LogP contribution in [0.1, 0.15) is 37.6 Å². The molecule has 2 heteroatoms. The Kier molecular flexibility index (Phi) is 3.23. The van der Waals surface area contributed by atoms with Crippen molar-refractivity contribution in [2.45, 2.75) is 32.6 Å². The molecular weight excluding hydrogens is 208 g/mol.